The minimum Gasteiger partial charge on any atom is -0.462 e. The Morgan fingerprint density at radius 3 is 1.63 bits per heavy atom. The second kappa shape index (κ2) is 32.2. The van der Waals surface area contributed by atoms with Gasteiger partial charge in [-0.15, -0.1) is 0 Å². The van der Waals surface area contributed by atoms with Crippen LogP contribution < -0.4 is 0 Å². The Morgan fingerprint density at radius 1 is 0.633 bits per heavy atom. The lowest BCUT2D eigenvalue weighted by atomic mass is 10.1. The summed E-state index contributed by atoms with van der Waals surface area (Å²) in [5.41, 5.74) is 0. The largest absolute Gasteiger partial charge is 0.472 e. The van der Waals surface area contributed by atoms with Gasteiger partial charge in [-0.05, 0) is 57.8 Å². The van der Waals surface area contributed by atoms with E-state index in [0.29, 0.717) is 17.4 Å². The summed E-state index contributed by atoms with van der Waals surface area (Å²) in [5.74, 6) is -0.830. The molecule has 0 spiro atoms. The zero-order valence-electron chi connectivity index (χ0n) is 31.9. The maximum absolute atomic E-state index is 12.6. The molecular weight excluding hydrogens is 641 g/mol. The predicted molar refractivity (Wildman–Crippen MR) is 201 cm³/mol. The molecule has 0 aromatic rings. The van der Waals surface area contributed by atoms with E-state index in [9.17, 15) is 19.0 Å². The minimum atomic E-state index is -4.37. The van der Waals surface area contributed by atoms with Gasteiger partial charge in [0.25, 0.3) is 0 Å². The van der Waals surface area contributed by atoms with Crippen molar-refractivity contribution >= 4 is 19.8 Å². The van der Waals surface area contributed by atoms with Gasteiger partial charge >= 0.3 is 19.8 Å². The summed E-state index contributed by atoms with van der Waals surface area (Å²) in [7, 11) is 1.46. The van der Waals surface area contributed by atoms with Crippen LogP contribution in [0, 0.1) is 0 Å². The van der Waals surface area contributed by atoms with E-state index in [-0.39, 0.29) is 32.0 Å². The first kappa shape index (κ1) is 47.2. The summed E-state index contributed by atoms with van der Waals surface area (Å²) in [4.78, 5) is 35.1. The summed E-state index contributed by atoms with van der Waals surface area (Å²) in [6.07, 6.45) is 33.3. The van der Waals surface area contributed by atoms with Crippen LogP contribution in [-0.2, 0) is 32.7 Å². The number of rotatable bonds is 34. The number of carbonyl (C=O) groups excluding carboxylic acids is 2. The van der Waals surface area contributed by atoms with Crippen molar-refractivity contribution < 1.29 is 42.1 Å². The smallest absolute Gasteiger partial charge is 0.462 e. The van der Waals surface area contributed by atoms with E-state index < -0.39 is 26.5 Å². The standard InChI is InChI=1S/C39H72NO8P/c1-6-8-10-12-14-16-18-19-20-22-24-26-28-30-32-39(42)48-37(36-47-49(43,44)46-34-33-40(3,4)5)35-45-38(41)31-29-27-25-23-21-17-15-13-11-9-7-2/h12-15,18-19,37H,6-11,16-17,20-36H2,1-5H3/p+1/b14-12-,15-13-,19-18-/t37-/m1/s1. The maximum atomic E-state index is 12.6. The predicted octanol–water partition coefficient (Wildman–Crippen LogP) is 10.2. The zero-order chi connectivity index (χ0) is 36.5. The van der Waals surface area contributed by atoms with Crippen LogP contribution in [-0.4, -0.2) is 74.9 Å². The van der Waals surface area contributed by atoms with Crippen LogP contribution in [0.2, 0.25) is 0 Å². The molecule has 0 fully saturated rings. The number of allylic oxidation sites excluding steroid dienone is 6. The van der Waals surface area contributed by atoms with Crippen LogP contribution in [0.5, 0.6) is 0 Å². The molecule has 0 heterocycles. The number of unbranched alkanes of at least 4 members (excludes halogenated alkanes) is 14. The zero-order valence-corrected chi connectivity index (χ0v) is 32.8. The third kappa shape index (κ3) is 35.8. The Bertz CT molecular complexity index is 944. The van der Waals surface area contributed by atoms with Crippen molar-refractivity contribution in [1.82, 2.24) is 0 Å². The van der Waals surface area contributed by atoms with Crippen LogP contribution in [0.1, 0.15) is 149 Å². The fourth-order valence-electron chi connectivity index (χ4n) is 4.77. The number of hydrogen-bond acceptors (Lipinski definition) is 7. The molecule has 0 radical (unpaired) electrons. The molecule has 0 amide bonds. The second-order valence-electron chi connectivity index (χ2n) is 14.0. The fourth-order valence-corrected chi connectivity index (χ4v) is 5.52. The number of likely N-dealkylation sites (N-methyl/N-ethyl adjacent to an activating group) is 1. The van der Waals surface area contributed by atoms with Crippen LogP contribution in [0.15, 0.2) is 36.5 Å². The molecular formula is C39H73NO8P+. The highest BCUT2D eigenvalue weighted by Crippen LogP contribution is 2.43. The van der Waals surface area contributed by atoms with E-state index in [1.165, 1.54) is 25.7 Å². The van der Waals surface area contributed by atoms with Crippen LogP contribution in [0.4, 0.5) is 0 Å². The summed E-state index contributed by atoms with van der Waals surface area (Å²) >= 11 is 0. The van der Waals surface area contributed by atoms with Crippen LogP contribution >= 0.6 is 7.82 Å². The average molecular weight is 715 g/mol. The van der Waals surface area contributed by atoms with Crippen LogP contribution in [0.25, 0.3) is 0 Å². The third-order valence-corrected chi connectivity index (χ3v) is 8.88. The van der Waals surface area contributed by atoms with Crippen LogP contribution in [0.3, 0.4) is 0 Å². The lowest BCUT2D eigenvalue weighted by molar-refractivity contribution is -0.870. The Kier molecular flexibility index (Phi) is 31.0. The Labute approximate surface area is 300 Å². The number of hydrogen-bond donors (Lipinski definition) is 1. The molecule has 0 saturated heterocycles. The molecule has 0 aromatic carbocycles. The van der Waals surface area contributed by atoms with Gasteiger partial charge in [-0.3, -0.25) is 18.6 Å². The van der Waals surface area contributed by atoms with Gasteiger partial charge in [-0.2, -0.15) is 0 Å². The fraction of sp³-hybridized carbons (Fsp3) is 0.795. The Balaban J connectivity index is 4.48. The number of phosphoric acid groups is 1. The van der Waals surface area contributed by atoms with Crippen molar-refractivity contribution in [3.63, 3.8) is 0 Å². The molecule has 9 nitrogen and oxygen atoms in total. The van der Waals surface area contributed by atoms with Crippen molar-refractivity contribution in [1.29, 1.82) is 0 Å². The van der Waals surface area contributed by atoms with Crippen molar-refractivity contribution in [2.24, 2.45) is 0 Å². The molecule has 0 aromatic heterocycles. The summed E-state index contributed by atoms with van der Waals surface area (Å²) in [5, 5.41) is 0. The lowest BCUT2D eigenvalue weighted by Crippen LogP contribution is -2.37. The van der Waals surface area contributed by atoms with E-state index in [1.807, 2.05) is 21.1 Å². The topological polar surface area (TPSA) is 108 Å². The molecule has 10 heteroatoms. The van der Waals surface area contributed by atoms with Gasteiger partial charge in [0.1, 0.15) is 19.8 Å². The molecule has 0 aliphatic rings. The van der Waals surface area contributed by atoms with Gasteiger partial charge < -0.3 is 18.9 Å². The third-order valence-electron chi connectivity index (χ3n) is 7.89. The van der Waals surface area contributed by atoms with E-state index >= 15 is 0 Å². The van der Waals surface area contributed by atoms with Gasteiger partial charge in [0.2, 0.25) is 0 Å². The van der Waals surface area contributed by atoms with E-state index in [0.717, 1.165) is 89.9 Å². The van der Waals surface area contributed by atoms with E-state index in [4.69, 9.17) is 18.5 Å². The first-order valence-corrected chi connectivity index (χ1v) is 20.7. The molecule has 286 valence electrons. The summed E-state index contributed by atoms with van der Waals surface area (Å²) < 4.78 is 34.1. The van der Waals surface area contributed by atoms with Gasteiger partial charge in [-0.25, -0.2) is 4.57 Å². The monoisotopic (exact) mass is 715 g/mol. The Hall–Kier alpha value is -1.77. The van der Waals surface area contributed by atoms with Crippen molar-refractivity contribution in [3.05, 3.63) is 36.5 Å². The van der Waals surface area contributed by atoms with Crippen molar-refractivity contribution in [2.75, 3.05) is 47.5 Å². The molecule has 0 bridgehead atoms. The lowest BCUT2D eigenvalue weighted by Gasteiger charge is -2.24. The van der Waals surface area contributed by atoms with E-state index in [2.05, 4.69) is 50.3 Å². The quantitative estimate of drug-likeness (QED) is 0.0231. The minimum absolute atomic E-state index is 0.0269. The number of nitrogens with zero attached hydrogens (tertiary/aromatic N) is 1. The number of phosphoric ester groups is 1. The molecule has 0 aliphatic heterocycles. The summed E-state index contributed by atoms with van der Waals surface area (Å²) in [6, 6.07) is 0. The second-order valence-corrected chi connectivity index (χ2v) is 15.4. The van der Waals surface area contributed by atoms with E-state index in [1.54, 1.807) is 0 Å². The molecule has 2 atom stereocenters. The first-order chi connectivity index (χ1) is 23.5. The molecule has 0 rings (SSSR count). The highest BCUT2D eigenvalue weighted by Gasteiger charge is 2.27. The highest BCUT2D eigenvalue weighted by molar-refractivity contribution is 7.47. The molecule has 0 saturated carbocycles. The van der Waals surface area contributed by atoms with Crippen molar-refractivity contribution in [3.8, 4) is 0 Å². The van der Waals surface area contributed by atoms with Gasteiger partial charge in [0.15, 0.2) is 6.10 Å². The number of esters is 2. The van der Waals surface area contributed by atoms with Crippen molar-refractivity contribution in [2.45, 2.75) is 155 Å². The number of carbonyl (C=O) groups is 2. The first-order valence-electron chi connectivity index (χ1n) is 19.2. The van der Waals surface area contributed by atoms with Gasteiger partial charge in [0, 0.05) is 12.8 Å². The molecule has 49 heavy (non-hydrogen) atoms. The SMILES string of the molecule is CCCC/C=C\C/C=C\CCCCCCCC(=O)O[C@H](COC(=O)CCCCCCC/C=C\CCCC)COP(=O)(O)OCC[N+](C)(C)C. The molecule has 1 unspecified atom stereocenters. The average Bonchev–Trinajstić information content (AvgIpc) is 3.04. The highest BCUT2D eigenvalue weighted by atomic mass is 31.2. The van der Waals surface area contributed by atoms with Gasteiger partial charge in [-0.1, -0.05) is 115 Å². The maximum Gasteiger partial charge on any atom is 0.472 e. The Morgan fingerprint density at radius 2 is 1.10 bits per heavy atom. The number of quaternary nitrogens is 1. The number of ether oxygens (including phenoxy) is 2. The molecule has 1 N–H and O–H groups in total. The van der Waals surface area contributed by atoms with Gasteiger partial charge in [0.05, 0.1) is 27.7 Å². The molecule has 0 aliphatic carbocycles. The normalized spacial score (nSPS) is 14.2. The summed E-state index contributed by atoms with van der Waals surface area (Å²) in [6.45, 7) is 4.29.